The van der Waals surface area contributed by atoms with E-state index < -0.39 is 10.0 Å². The molecule has 0 aliphatic rings. The van der Waals surface area contributed by atoms with E-state index in [0.717, 1.165) is 19.2 Å². The molecule has 0 heterocycles. The standard InChI is InChI=1S/C21H30N4O2S/c1-3-22-21(24-16-17-25-28(2,26)27)23-15-14-20(18-10-6-4-7-11-18)19-12-8-5-9-13-19/h4-13,20,25H,3,14-17H2,1-2H3,(H2,22,23,24). The van der Waals surface area contributed by atoms with Gasteiger partial charge in [0.2, 0.25) is 10.0 Å². The van der Waals surface area contributed by atoms with Crippen molar-refractivity contribution in [2.75, 3.05) is 32.4 Å². The van der Waals surface area contributed by atoms with Crippen LogP contribution in [0.5, 0.6) is 0 Å². The molecule has 6 nitrogen and oxygen atoms in total. The molecule has 0 amide bonds. The number of rotatable bonds is 10. The van der Waals surface area contributed by atoms with Crippen LogP contribution < -0.4 is 15.4 Å². The minimum absolute atomic E-state index is 0.279. The molecule has 0 aliphatic heterocycles. The Morgan fingerprint density at radius 3 is 2.00 bits per heavy atom. The minimum Gasteiger partial charge on any atom is -0.357 e. The highest BCUT2D eigenvalue weighted by molar-refractivity contribution is 7.88. The minimum atomic E-state index is -3.17. The van der Waals surface area contributed by atoms with Gasteiger partial charge in [0, 0.05) is 32.1 Å². The van der Waals surface area contributed by atoms with Crippen molar-refractivity contribution in [3.05, 3.63) is 71.8 Å². The molecule has 0 aromatic heterocycles. The summed E-state index contributed by atoms with van der Waals surface area (Å²) in [6, 6.07) is 20.9. The fourth-order valence-electron chi connectivity index (χ4n) is 2.96. The van der Waals surface area contributed by atoms with Gasteiger partial charge in [0.1, 0.15) is 0 Å². The molecule has 2 aromatic rings. The van der Waals surface area contributed by atoms with Gasteiger partial charge < -0.3 is 10.6 Å². The van der Waals surface area contributed by atoms with Crippen molar-refractivity contribution in [2.24, 2.45) is 4.99 Å². The summed E-state index contributed by atoms with van der Waals surface area (Å²) in [5, 5.41) is 6.35. The van der Waals surface area contributed by atoms with E-state index in [1.54, 1.807) is 0 Å². The van der Waals surface area contributed by atoms with Gasteiger partial charge in [0.05, 0.1) is 6.26 Å². The highest BCUT2D eigenvalue weighted by Crippen LogP contribution is 2.27. The Hall–Kier alpha value is -2.38. The summed E-state index contributed by atoms with van der Waals surface area (Å²) in [5.41, 5.74) is 2.55. The summed E-state index contributed by atoms with van der Waals surface area (Å²) in [6.07, 6.45) is 2.03. The topological polar surface area (TPSA) is 82.6 Å². The maximum atomic E-state index is 11.1. The van der Waals surface area contributed by atoms with Gasteiger partial charge in [-0.05, 0) is 24.5 Å². The molecular formula is C21H30N4O2S. The number of guanidine groups is 1. The normalized spacial score (nSPS) is 12.2. The van der Waals surface area contributed by atoms with E-state index >= 15 is 0 Å². The first-order chi connectivity index (χ1) is 13.5. The lowest BCUT2D eigenvalue weighted by atomic mass is 9.89. The van der Waals surface area contributed by atoms with Gasteiger partial charge in [0.15, 0.2) is 5.96 Å². The Balaban J connectivity index is 1.99. The summed E-state index contributed by atoms with van der Waals surface area (Å²) in [5.74, 6) is 0.971. The molecule has 152 valence electrons. The van der Waals surface area contributed by atoms with Gasteiger partial charge in [-0.2, -0.15) is 0 Å². The average Bonchev–Trinajstić information content (AvgIpc) is 2.69. The van der Waals surface area contributed by atoms with Crippen LogP contribution in [0.3, 0.4) is 0 Å². The number of hydrogen-bond acceptors (Lipinski definition) is 3. The smallest absolute Gasteiger partial charge is 0.208 e. The van der Waals surface area contributed by atoms with Crippen LogP contribution in [0.25, 0.3) is 0 Å². The molecule has 3 N–H and O–H groups in total. The van der Waals surface area contributed by atoms with Crippen molar-refractivity contribution >= 4 is 16.0 Å². The maximum absolute atomic E-state index is 11.1. The fraction of sp³-hybridized carbons (Fsp3) is 0.381. The van der Waals surface area contributed by atoms with E-state index in [0.29, 0.717) is 25.6 Å². The van der Waals surface area contributed by atoms with Crippen molar-refractivity contribution in [1.29, 1.82) is 0 Å². The molecule has 28 heavy (non-hydrogen) atoms. The first kappa shape index (κ1) is 21.9. The van der Waals surface area contributed by atoms with E-state index in [1.807, 2.05) is 19.1 Å². The van der Waals surface area contributed by atoms with Crippen molar-refractivity contribution < 1.29 is 8.42 Å². The lowest BCUT2D eigenvalue weighted by molar-refractivity contribution is 0.586. The molecule has 0 unspecified atom stereocenters. The predicted octanol–water partition coefficient (Wildman–Crippen LogP) is 2.31. The van der Waals surface area contributed by atoms with Gasteiger partial charge in [0.25, 0.3) is 0 Å². The molecule has 0 atom stereocenters. The third kappa shape index (κ3) is 8.10. The zero-order valence-electron chi connectivity index (χ0n) is 16.6. The Morgan fingerprint density at radius 2 is 1.50 bits per heavy atom. The van der Waals surface area contributed by atoms with Crippen LogP contribution in [0, 0.1) is 0 Å². The quantitative estimate of drug-likeness (QED) is 0.324. The van der Waals surface area contributed by atoms with Gasteiger partial charge in [-0.1, -0.05) is 60.7 Å². The SMILES string of the molecule is CCNC(=NCCC(c1ccccc1)c1ccccc1)NCCNS(C)(=O)=O. The third-order valence-corrected chi connectivity index (χ3v) is 4.95. The Kier molecular flexibility index (Phi) is 8.97. The van der Waals surface area contributed by atoms with Crippen molar-refractivity contribution in [3.8, 4) is 0 Å². The van der Waals surface area contributed by atoms with Crippen LogP contribution in [0.15, 0.2) is 65.7 Å². The fourth-order valence-corrected chi connectivity index (χ4v) is 3.43. The monoisotopic (exact) mass is 402 g/mol. The first-order valence-corrected chi connectivity index (χ1v) is 11.5. The lowest BCUT2D eigenvalue weighted by Crippen LogP contribution is -2.41. The molecule has 7 heteroatoms. The third-order valence-electron chi connectivity index (χ3n) is 4.22. The van der Waals surface area contributed by atoms with Crippen LogP contribution in [0.1, 0.15) is 30.4 Å². The molecule has 0 fully saturated rings. The molecule has 2 aromatic carbocycles. The van der Waals surface area contributed by atoms with Crippen molar-refractivity contribution in [1.82, 2.24) is 15.4 Å². The summed E-state index contributed by atoms with van der Waals surface area (Å²) in [6.45, 7) is 4.19. The zero-order chi connectivity index (χ0) is 20.2. The average molecular weight is 403 g/mol. The van der Waals surface area contributed by atoms with Crippen LogP contribution >= 0.6 is 0 Å². The molecule has 0 aliphatic carbocycles. The van der Waals surface area contributed by atoms with Crippen LogP contribution in [-0.4, -0.2) is 46.8 Å². The molecule has 0 radical (unpaired) electrons. The molecule has 0 saturated heterocycles. The number of hydrogen-bond donors (Lipinski definition) is 3. The van der Waals surface area contributed by atoms with E-state index in [1.165, 1.54) is 11.1 Å². The number of nitrogens with one attached hydrogen (secondary N) is 3. The lowest BCUT2D eigenvalue weighted by Gasteiger charge is -2.18. The van der Waals surface area contributed by atoms with Crippen LogP contribution in [0.2, 0.25) is 0 Å². The number of nitrogens with zero attached hydrogens (tertiary/aromatic N) is 1. The number of benzene rings is 2. The Morgan fingerprint density at radius 1 is 0.929 bits per heavy atom. The second-order valence-electron chi connectivity index (χ2n) is 6.52. The number of sulfonamides is 1. The summed E-state index contributed by atoms with van der Waals surface area (Å²) in [4.78, 5) is 4.66. The molecule has 0 saturated carbocycles. The van der Waals surface area contributed by atoms with E-state index in [9.17, 15) is 8.42 Å². The van der Waals surface area contributed by atoms with Gasteiger partial charge in [-0.15, -0.1) is 0 Å². The van der Waals surface area contributed by atoms with E-state index in [-0.39, 0.29) is 5.92 Å². The molecule has 2 rings (SSSR count). The highest BCUT2D eigenvalue weighted by atomic mass is 32.2. The molecule has 0 bridgehead atoms. The largest absolute Gasteiger partial charge is 0.357 e. The second-order valence-corrected chi connectivity index (χ2v) is 8.35. The number of aliphatic imine (C=N–C) groups is 1. The maximum Gasteiger partial charge on any atom is 0.208 e. The van der Waals surface area contributed by atoms with Crippen LogP contribution in [0.4, 0.5) is 0 Å². The van der Waals surface area contributed by atoms with E-state index in [4.69, 9.17) is 0 Å². The summed E-state index contributed by atoms with van der Waals surface area (Å²) in [7, 11) is -3.17. The van der Waals surface area contributed by atoms with Gasteiger partial charge in [-0.25, -0.2) is 13.1 Å². The zero-order valence-corrected chi connectivity index (χ0v) is 17.4. The second kappa shape index (κ2) is 11.5. The Bertz CT molecular complexity index is 784. The predicted molar refractivity (Wildman–Crippen MR) is 116 cm³/mol. The van der Waals surface area contributed by atoms with Crippen LogP contribution in [-0.2, 0) is 10.0 Å². The molecule has 0 spiro atoms. The van der Waals surface area contributed by atoms with Crippen molar-refractivity contribution in [3.63, 3.8) is 0 Å². The van der Waals surface area contributed by atoms with E-state index in [2.05, 4.69) is 68.9 Å². The summed E-state index contributed by atoms with van der Waals surface area (Å²) >= 11 is 0. The highest BCUT2D eigenvalue weighted by Gasteiger charge is 2.13. The van der Waals surface area contributed by atoms with Gasteiger partial charge >= 0.3 is 0 Å². The summed E-state index contributed by atoms with van der Waals surface area (Å²) < 4.78 is 24.7. The van der Waals surface area contributed by atoms with Crippen molar-refractivity contribution in [2.45, 2.75) is 19.3 Å². The van der Waals surface area contributed by atoms with Gasteiger partial charge in [-0.3, -0.25) is 4.99 Å². The first-order valence-electron chi connectivity index (χ1n) is 9.56. The molecular weight excluding hydrogens is 372 g/mol. The Labute approximate surface area is 168 Å².